The molecule has 0 bridgehead atoms. The van der Waals surface area contributed by atoms with Gasteiger partial charge in [0, 0.05) is 13.1 Å². The lowest BCUT2D eigenvalue weighted by molar-refractivity contribution is -0.136. The van der Waals surface area contributed by atoms with Crippen LogP contribution in [-0.4, -0.2) is 36.5 Å². The van der Waals surface area contributed by atoms with E-state index in [1.807, 2.05) is 0 Å². The molecule has 3 heteroatoms. The number of carbonyl (C=O) groups excluding carboxylic acids is 1. The molecule has 0 aromatic rings. The first-order valence-corrected chi connectivity index (χ1v) is 6.53. The quantitative estimate of drug-likeness (QED) is 0.734. The summed E-state index contributed by atoms with van der Waals surface area (Å²) in [7, 11) is 0. The fraction of sp³-hybridized carbons (Fsp3) is 0.923. The second-order valence-corrected chi connectivity index (χ2v) is 6.16. The Bertz CT molecular complexity index is 275. The summed E-state index contributed by atoms with van der Waals surface area (Å²) in [6, 6.07) is 0.0338. The fourth-order valence-corrected chi connectivity index (χ4v) is 2.95. The Hall–Kier alpha value is -0.570. The van der Waals surface area contributed by atoms with Crippen LogP contribution in [0.4, 0.5) is 0 Å². The molecule has 2 aliphatic rings. The normalized spacial score (nSPS) is 34.1. The van der Waals surface area contributed by atoms with Gasteiger partial charge in [0.2, 0.25) is 5.91 Å². The lowest BCUT2D eigenvalue weighted by Crippen LogP contribution is -2.56. The van der Waals surface area contributed by atoms with E-state index in [0.717, 1.165) is 26.1 Å². The summed E-state index contributed by atoms with van der Waals surface area (Å²) in [4.78, 5) is 14.5. The molecular weight excluding hydrogens is 200 g/mol. The standard InChI is InChI=1S/C13H24N2O/c1-10-5-8-15(9-10)12(16)11-13(2,3)6-4-7-14-11/h10-11,14H,4-9H2,1-3H3. The van der Waals surface area contributed by atoms with Crippen LogP contribution >= 0.6 is 0 Å². The van der Waals surface area contributed by atoms with E-state index < -0.39 is 0 Å². The summed E-state index contributed by atoms with van der Waals surface area (Å²) in [6.45, 7) is 9.54. The maximum Gasteiger partial charge on any atom is 0.240 e. The highest BCUT2D eigenvalue weighted by Gasteiger charge is 2.40. The van der Waals surface area contributed by atoms with E-state index in [4.69, 9.17) is 0 Å². The molecule has 2 saturated heterocycles. The Morgan fingerprint density at radius 1 is 1.44 bits per heavy atom. The van der Waals surface area contributed by atoms with Gasteiger partial charge in [0.05, 0.1) is 6.04 Å². The average molecular weight is 224 g/mol. The van der Waals surface area contributed by atoms with Crippen LogP contribution in [0.3, 0.4) is 0 Å². The van der Waals surface area contributed by atoms with Crippen LogP contribution in [0.5, 0.6) is 0 Å². The largest absolute Gasteiger partial charge is 0.341 e. The molecule has 0 aliphatic carbocycles. The summed E-state index contributed by atoms with van der Waals surface area (Å²) in [5.74, 6) is 1.00. The molecular formula is C13H24N2O. The maximum atomic E-state index is 12.4. The number of hydrogen-bond acceptors (Lipinski definition) is 2. The van der Waals surface area contributed by atoms with Crippen molar-refractivity contribution in [3.63, 3.8) is 0 Å². The molecule has 1 amide bonds. The molecule has 2 heterocycles. The number of carbonyl (C=O) groups is 1. The smallest absolute Gasteiger partial charge is 0.240 e. The highest BCUT2D eigenvalue weighted by molar-refractivity contribution is 5.83. The minimum absolute atomic E-state index is 0.0338. The lowest BCUT2D eigenvalue weighted by Gasteiger charge is -2.40. The maximum absolute atomic E-state index is 12.4. The third-order valence-electron chi connectivity index (χ3n) is 4.11. The predicted molar refractivity (Wildman–Crippen MR) is 65.2 cm³/mol. The predicted octanol–water partition coefficient (Wildman–Crippen LogP) is 1.63. The zero-order valence-corrected chi connectivity index (χ0v) is 10.8. The van der Waals surface area contributed by atoms with Crippen LogP contribution in [0, 0.1) is 11.3 Å². The molecule has 2 atom stereocenters. The summed E-state index contributed by atoms with van der Waals surface area (Å²) in [5, 5.41) is 3.41. The van der Waals surface area contributed by atoms with Crippen molar-refractivity contribution in [3.8, 4) is 0 Å². The molecule has 0 spiro atoms. The zero-order chi connectivity index (χ0) is 11.8. The van der Waals surface area contributed by atoms with E-state index in [-0.39, 0.29) is 11.5 Å². The number of piperidine rings is 1. The number of nitrogens with one attached hydrogen (secondary N) is 1. The highest BCUT2D eigenvalue weighted by Crippen LogP contribution is 2.32. The zero-order valence-electron chi connectivity index (χ0n) is 10.8. The first kappa shape index (κ1) is 11.9. The third kappa shape index (κ3) is 2.24. The number of nitrogens with zero attached hydrogens (tertiary/aromatic N) is 1. The number of amides is 1. The first-order valence-electron chi connectivity index (χ1n) is 6.53. The SMILES string of the molecule is CC1CCN(C(=O)C2NCCCC2(C)C)C1. The van der Waals surface area contributed by atoms with Crippen LogP contribution in [0.1, 0.15) is 40.0 Å². The number of likely N-dealkylation sites (tertiary alicyclic amines) is 1. The molecule has 0 aromatic heterocycles. The van der Waals surface area contributed by atoms with Crippen LogP contribution in [0.15, 0.2) is 0 Å². The van der Waals surface area contributed by atoms with Gasteiger partial charge >= 0.3 is 0 Å². The van der Waals surface area contributed by atoms with E-state index in [1.165, 1.54) is 12.8 Å². The lowest BCUT2D eigenvalue weighted by atomic mass is 9.77. The van der Waals surface area contributed by atoms with E-state index in [2.05, 4.69) is 31.0 Å². The van der Waals surface area contributed by atoms with Crippen molar-refractivity contribution >= 4 is 5.91 Å². The van der Waals surface area contributed by atoms with E-state index >= 15 is 0 Å². The number of rotatable bonds is 1. The van der Waals surface area contributed by atoms with Crippen LogP contribution in [-0.2, 0) is 4.79 Å². The Morgan fingerprint density at radius 2 is 2.19 bits per heavy atom. The van der Waals surface area contributed by atoms with Gasteiger partial charge in [-0.25, -0.2) is 0 Å². The Kier molecular flexibility index (Phi) is 3.24. The van der Waals surface area contributed by atoms with Crippen molar-refractivity contribution in [2.45, 2.75) is 46.1 Å². The molecule has 0 saturated carbocycles. The van der Waals surface area contributed by atoms with Crippen molar-refractivity contribution in [1.29, 1.82) is 0 Å². The van der Waals surface area contributed by atoms with Crippen molar-refractivity contribution in [2.24, 2.45) is 11.3 Å². The number of hydrogen-bond donors (Lipinski definition) is 1. The molecule has 1 N–H and O–H groups in total. The summed E-state index contributed by atoms with van der Waals surface area (Å²) >= 11 is 0. The summed E-state index contributed by atoms with van der Waals surface area (Å²) in [5.41, 5.74) is 0.112. The molecule has 2 unspecified atom stereocenters. The highest BCUT2D eigenvalue weighted by atomic mass is 16.2. The van der Waals surface area contributed by atoms with Gasteiger partial charge in [-0.05, 0) is 37.1 Å². The Labute approximate surface area is 98.6 Å². The van der Waals surface area contributed by atoms with Crippen LogP contribution in [0.25, 0.3) is 0 Å². The minimum atomic E-state index is 0.0338. The molecule has 0 aromatic carbocycles. The molecule has 2 fully saturated rings. The van der Waals surface area contributed by atoms with Crippen molar-refractivity contribution in [1.82, 2.24) is 10.2 Å². The van der Waals surface area contributed by atoms with E-state index in [9.17, 15) is 4.79 Å². The van der Waals surface area contributed by atoms with Gasteiger partial charge in [-0.15, -0.1) is 0 Å². The van der Waals surface area contributed by atoms with Crippen LogP contribution < -0.4 is 5.32 Å². The molecule has 2 rings (SSSR count). The van der Waals surface area contributed by atoms with Gasteiger partial charge < -0.3 is 10.2 Å². The minimum Gasteiger partial charge on any atom is -0.341 e. The van der Waals surface area contributed by atoms with Crippen molar-refractivity contribution in [3.05, 3.63) is 0 Å². The third-order valence-corrected chi connectivity index (χ3v) is 4.11. The monoisotopic (exact) mass is 224 g/mol. The summed E-state index contributed by atoms with van der Waals surface area (Å²) < 4.78 is 0. The van der Waals surface area contributed by atoms with Gasteiger partial charge in [-0.3, -0.25) is 4.79 Å². The Morgan fingerprint density at radius 3 is 2.75 bits per heavy atom. The van der Waals surface area contributed by atoms with Crippen LogP contribution in [0.2, 0.25) is 0 Å². The van der Waals surface area contributed by atoms with Gasteiger partial charge in [0.15, 0.2) is 0 Å². The molecule has 2 aliphatic heterocycles. The molecule has 0 radical (unpaired) electrons. The fourth-order valence-electron chi connectivity index (χ4n) is 2.95. The van der Waals surface area contributed by atoms with E-state index in [0.29, 0.717) is 11.8 Å². The summed E-state index contributed by atoms with van der Waals surface area (Å²) in [6.07, 6.45) is 3.51. The average Bonchev–Trinajstić information content (AvgIpc) is 2.63. The topological polar surface area (TPSA) is 32.3 Å². The van der Waals surface area contributed by atoms with Gasteiger partial charge in [-0.2, -0.15) is 0 Å². The van der Waals surface area contributed by atoms with Crippen molar-refractivity contribution in [2.75, 3.05) is 19.6 Å². The first-order chi connectivity index (χ1) is 7.50. The van der Waals surface area contributed by atoms with Gasteiger partial charge in [0.1, 0.15) is 0 Å². The molecule has 3 nitrogen and oxygen atoms in total. The van der Waals surface area contributed by atoms with E-state index in [1.54, 1.807) is 0 Å². The second-order valence-electron chi connectivity index (χ2n) is 6.16. The Balaban J connectivity index is 2.03. The van der Waals surface area contributed by atoms with Gasteiger partial charge in [-0.1, -0.05) is 20.8 Å². The van der Waals surface area contributed by atoms with Crippen molar-refractivity contribution < 1.29 is 4.79 Å². The second kappa shape index (κ2) is 4.36. The van der Waals surface area contributed by atoms with Gasteiger partial charge in [0.25, 0.3) is 0 Å². The molecule has 16 heavy (non-hydrogen) atoms. The molecule has 92 valence electrons.